The van der Waals surface area contributed by atoms with Crippen molar-refractivity contribution in [1.82, 2.24) is 15.1 Å². The van der Waals surface area contributed by atoms with Crippen LogP contribution in [0, 0.1) is 0 Å². The first-order valence-electron chi connectivity index (χ1n) is 7.38. The number of carboxylic acid groups (broad SMARTS) is 1. The third kappa shape index (κ3) is 3.08. The highest BCUT2D eigenvalue weighted by molar-refractivity contribution is 6.13. The maximum atomic E-state index is 12.7. The van der Waals surface area contributed by atoms with Gasteiger partial charge in [0.25, 0.3) is 11.8 Å². The molecule has 3 amide bonds. The number of nitrogens with zero attached hydrogens (tertiary/aromatic N) is 2. The molecule has 0 bridgehead atoms. The first kappa shape index (κ1) is 17.0. The summed E-state index contributed by atoms with van der Waals surface area (Å²) in [6.07, 6.45) is -0.150. The number of carbonyl (C=O) groups excluding carboxylic acids is 3. The van der Waals surface area contributed by atoms with Gasteiger partial charge in [-0.05, 0) is 33.6 Å². The van der Waals surface area contributed by atoms with Gasteiger partial charge in [-0.3, -0.25) is 19.3 Å². The monoisotopic (exact) mass is 327 g/mol. The third-order valence-corrected chi connectivity index (χ3v) is 3.77. The highest BCUT2D eigenvalue weighted by atomic mass is 16.6. The van der Waals surface area contributed by atoms with E-state index in [0.29, 0.717) is 6.42 Å². The van der Waals surface area contributed by atoms with E-state index in [1.165, 1.54) is 0 Å². The quantitative estimate of drug-likeness (QED) is 0.676. The Morgan fingerprint density at radius 1 is 1.35 bits per heavy atom. The van der Waals surface area contributed by atoms with Gasteiger partial charge in [0, 0.05) is 6.54 Å². The SMILES string of the molecule is CC(C)(C)OC(=O)N1CCCC12C(=O)NCN(CC(=O)O)C2=O. The number of amides is 3. The number of hydrogen-bond donors (Lipinski definition) is 2. The number of ether oxygens (including phenoxy) is 1. The Bertz CT molecular complexity index is 555. The summed E-state index contributed by atoms with van der Waals surface area (Å²) in [6, 6.07) is 0. The molecule has 2 heterocycles. The summed E-state index contributed by atoms with van der Waals surface area (Å²) in [5.41, 5.74) is -2.48. The van der Waals surface area contributed by atoms with Gasteiger partial charge in [-0.1, -0.05) is 0 Å². The molecule has 2 fully saturated rings. The average Bonchev–Trinajstić information content (AvgIpc) is 2.83. The average molecular weight is 327 g/mol. The summed E-state index contributed by atoms with van der Waals surface area (Å²) >= 11 is 0. The van der Waals surface area contributed by atoms with Crippen molar-refractivity contribution in [3.05, 3.63) is 0 Å². The summed E-state index contributed by atoms with van der Waals surface area (Å²) in [5, 5.41) is 11.4. The van der Waals surface area contributed by atoms with E-state index in [-0.39, 0.29) is 19.6 Å². The Kier molecular flexibility index (Phi) is 4.23. The van der Waals surface area contributed by atoms with Crippen molar-refractivity contribution >= 4 is 23.9 Å². The second-order valence-corrected chi connectivity index (χ2v) is 6.66. The molecule has 0 aliphatic carbocycles. The molecule has 0 aromatic carbocycles. The molecule has 128 valence electrons. The van der Waals surface area contributed by atoms with E-state index in [4.69, 9.17) is 9.84 Å². The number of nitrogens with one attached hydrogen (secondary N) is 1. The van der Waals surface area contributed by atoms with Crippen LogP contribution in [0.4, 0.5) is 4.79 Å². The number of likely N-dealkylation sites (tertiary alicyclic amines) is 1. The van der Waals surface area contributed by atoms with Crippen LogP contribution in [0.3, 0.4) is 0 Å². The zero-order valence-electron chi connectivity index (χ0n) is 13.4. The number of carboxylic acids is 1. The largest absolute Gasteiger partial charge is 0.480 e. The molecule has 2 aliphatic rings. The van der Waals surface area contributed by atoms with Crippen molar-refractivity contribution in [2.75, 3.05) is 19.8 Å². The van der Waals surface area contributed by atoms with E-state index in [2.05, 4.69) is 5.32 Å². The molecule has 2 N–H and O–H groups in total. The molecule has 2 rings (SSSR count). The second kappa shape index (κ2) is 5.71. The zero-order chi connectivity index (χ0) is 17.4. The molecule has 23 heavy (non-hydrogen) atoms. The molecule has 0 aromatic rings. The topological polar surface area (TPSA) is 116 Å². The Labute approximate surface area is 133 Å². The van der Waals surface area contributed by atoms with Crippen molar-refractivity contribution in [2.24, 2.45) is 0 Å². The minimum absolute atomic E-state index is 0.146. The Balaban J connectivity index is 2.31. The number of aliphatic carboxylic acids is 1. The Hall–Kier alpha value is -2.32. The predicted octanol–water partition coefficient (Wildman–Crippen LogP) is -0.243. The van der Waals surface area contributed by atoms with Gasteiger partial charge in [-0.2, -0.15) is 0 Å². The Morgan fingerprint density at radius 3 is 2.57 bits per heavy atom. The summed E-state index contributed by atoms with van der Waals surface area (Å²) in [6.45, 7) is 4.54. The fourth-order valence-electron chi connectivity index (χ4n) is 2.88. The zero-order valence-corrected chi connectivity index (χ0v) is 13.4. The highest BCUT2D eigenvalue weighted by Gasteiger charge is 2.60. The maximum absolute atomic E-state index is 12.7. The standard InChI is InChI=1S/C14H21N3O6/c1-13(2,3)23-12(22)17-6-4-5-14(17)10(20)15-8-16(11(14)21)7-9(18)19/h4-8H2,1-3H3,(H,15,20)(H,18,19). The van der Waals surface area contributed by atoms with Gasteiger partial charge in [0.15, 0.2) is 0 Å². The van der Waals surface area contributed by atoms with Crippen LogP contribution >= 0.6 is 0 Å². The predicted molar refractivity (Wildman–Crippen MR) is 77.3 cm³/mol. The normalized spacial score (nSPS) is 24.8. The molecule has 0 saturated carbocycles. The summed E-state index contributed by atoms with van der Waals surface area (Å²) < 4.78 is 5.28. The number of hydrogen-bond acceptors (Lipinski definition) is 5. The van der Waals surface area contributed by atoms with Crippen LogP contribution in [-0.4, -0.2) is 69.7 Å². The minimum Gasteiger partial charge on any atom is -0.480 e. The van der Waals surface area contributed by atoms with Crippen molar-refractivity contribution in [3.63, 3.8) is 0 Å². The fraction of sp³-hybridized carbons (Fsp3) is 0.714. The molecular formula is C14H21N3O6. The summed E-state index contributed by atoms with van der Waals surface area (Å²) in [5.74, 6) is -2.45. The van der Waals surface area contributed by atoms with Crippen LogP contribution in [0.25, 0.3) is 0 Å². The van der Waals surface area contributed by atoms with Crippen molar-refractivity contribution in [3.8, 4) is 0 Å². The van der Waals surface area contributed by atoms with E-state index >= 15 is 0 Å². The van der Waals surface area contributed by atoms with E-state index in [1.54, 1.807) is 20.8 Å². The van der Waals surface area contributed by atoms with E-state index in [9.17, 15) is 19.2 Å². The lowest BCUT2D eigenvalue weighted by Gasteiger charge is -2.42. The van der Waals surface area contributed by atoms with Crippen LogP contribution in [0.1, 0.15) is 33.6 Å². The molecule has 0 radical (unpaired) electrons. The van der Waals surface area contributed by atoms with E-state index in [1.807, 2.05) is 0 Å². The number of rotatable bonds is 2. The lowest BCUT2D eigenvalue weighted by molar-refractivity contribution is -0.161. The van der Waals surface area contributed by atoms with Gasteiger partial charge in [0.1, 0.15) is 12.1 Å². The van der Waals surface area contributed by atoms with E-state index in [0.717, 1.165) is 9.80 Å². The second-order valence-electron chi connectivity index (χ2n) is 6.66. The Morgan fingerprint density at radius 2 is 2.00 bits per heavy atom. The lowest BCUT2D eigenvalue weighted by atomic mass is 9.91. The molecule has 9 nitrogen and oxygen atoms in total. The van der Waals surface area contributed by atoms with Crippen molar-refractivity contribution in [1.29, 1.82) is 0 Å². The third-order valence-electron chi connectivity index (χ3n) is 3.77. The van der Waals surface area contributed by atoms with Gasteiger partial charge >= 0.3 is 12.1 Å². The molecule has 9 heteroatoms. The van der Waals surface area contributed by atoms with Crippen LogP contribution in [0.5, 0.6) is 0 Å². The van der Waals surface area contributed by atoms with Crippen LogP contribution in [-0.2, 0) is 19.1 Å². The fourth-order valence-corrected chi connectivity index (χ4v) is 2.88. The van der Waals surface area contributed by atoms with Gasteiger partial charge in [-0.25, -0.2) is 4.79 Å². The first-order valence-corrected chi connectivity index (χ1v) is 7.38. The van der Waals surface area contributed by atoms with Crippen LogP contribution in [0.15, 0.2) is 0 Å². The maximum Gasteiger partial charge on any atom is 0.411 e. The van der Waals surface area contributed by atoms with Gasteiger partial charge < -0.3 is 20.1 Å². The van der Waals surface area contributed by atoms with E-state index < -0.39 is 41.6 Å². The molecule has 1 atom stereocenters. The van der Waals surface area contributed by atoms with Crippen LogP contribution < -0.4 is 5.32 Å². The molecule has 2 saturated heterocycles. The van der Waals surface area contributed by atoms with Crippen LogP contribution in [0.2, 0.25) is 0 Å². The first-order chi connectivity index (χ1) is 10.6. The van der Waals surface area contributed by atoms with Crippen molar-refractivity contribution in [2.45, 2.75) is 44.8 Å². The molecule has 0 aromatic heterocycles. The molecule has 2 aliphatic heterocycles. The summed E-state index contributed by atoms with van der Waals surface area (Å²) in [4.78, 5) is 50.5. The molecular weight excluding hydrogens is 306 g/mol. The van der Waals surface area contributed by atoms with Gasteiger partial charge in [0.05, 0.1) is 6.67 Å². The van der Waals surface area contributed by atoms with Crippen molar-refractivity contribution < 1.29 is 29.0 Å². The minimum atomic E-state index is -1.71. The number of carbonyl (C=O) groups is 4. The van der Waals surface area contributed by atoms with Gasteiger partial charge in [0.2, 0.25) is 5.54 Å². The highest BCUT2D eigenvalue weighted by Crippen LogP contribution is 2.34. The smallest absolute Gasteiger partial charge is 0.411 e. The lowest BCUT2D eigenvalue weighted by Crippen LogP contribution is -2.71. The van der Waals surface area contributed by atoms with Gasteiger partial charge in [-0.15, -0.1) is 0 Å². The molecule has 1 spiro atoms. The summed E-state index contributed by atoms with van der Waals surface area (Å²) in [7, 11) is 0. The molecule has 1 unspecified atom stereocenters.